The van der Waals surface area contributed by atoms with Crippen LogP contribution in [-0.2, 0) is 9.59 Å². The van der Waals surface area contributed by atoms with Gasteiger partial charge in [-0.1, -0.05) is 12.0 Å². The van der Waals surface area contributed by atoms with E-state index in [2.05, 4.69) is 12.5 Å². The van der Waals surface area contributed by atoms with Crippen molar-refractivity contribution in [1.82, 2.24) is 9.80 Å². The molecule has 2 saturated heterocycles. The van der Waals surface area contributed by atoms with Gasteiger partial charge in [-0.05, 0) is 38.5 Å². The molecular formula is C18H28N2O2. The van der Waals surface area contributed by atoms with E-state index in [0.717, 1.165) is 39.0 Å². The molecule has 2 fully saturated rings. The molecule has 0 unspecified atom stereocenters. The van der Waals surface area contributed by atoms with Gasteiger partial charge in [0.1, 0.15) is 0 Å². The third-order valence-electron chi connectivity index (χ3n) is 3.99. The number of rotatable bonds is 3. The lowest BCUT2D eigenvalue weighted by atomic mass is 10.1. The van der Waals surface area contributed by atoms with Gasteiger partial charge in [-0.3, -0.25) is 9.59 Å². The summed E-state index contributed by atoms with van der Waals surface area (Å²) in [5.41, 5.74) is 0. The van der Waals surface area contributed by atoms with Crippen LogP contribution in [0.3, 0.4) is 0 Å². The highest BCUT2D eigenvalue weighted by atomic mass is 16.2. The summed E-state index contributed by atoms with van der Waals surface area (Å²) in [4.78, 5) is 26.2. The first-order valence-electron chi connectivity index (χ1n) is 8.29. The van der Waals surface area contributed by atoms with Crippen molar-refractivity contribution in [3.63, 3.8) is 0 Å². The summed E-state index contributed by atoms with van der Waals surface area (Å²) in [6.07, 6.45) is 14.6. The first-order valence-corrected chi connectivity index (χ1v) is 8.29. The van der Waals surface area contributed by atoms with Crippen molar-refractivity contribution in [3.8, 4) is 12.3 Å². The Kier molecular flexibility index (Phi) is 9.06. The van der Waals surface area contributed by atoms with E-state index in [0.29, 0.717) is 6.42 Å². The molecule has 0 bridgehead atoms. The smallest absolute Gasteiger partial charge is 0.234 e. The second-order valence-corrected chi connectivity index (χ2v) is 5.76. The molecule has 2 rings (SSSR count). The molecule has 2 aliphatic heterocycles. The van der Waals surface area contributed by atoms with Crippen molar-refractivity contribution in [1.29, 1.82) is 0 Å². The largest absolute Gasteiger partial charge is 0.342 e. The molecule has 0 radical (unpaired) electrons. The fourth-order valence-electron chi connectivity index (χ4n) is 2.74. The van der Waals surface area contributed by atoms with Gasteiger partial charge < -0.3 is 9.80 Å². The summed E-state index contributed by atoms with van der Waals surface area (Å²) in [6, 6.07) is 0. The van der Waals surface area contributed by atoms with Crippen LogP contribution in [0.15, 0.2) is 12.7 Å². The maximum Gasteiger partial charge on any atom is 0.234 e. The van der Waals surface area contributed by atoms with Crippen molar-refractivity contribution in [2.24, 2.45) is 0 Å². The zero-order chi connectivity index (χ0) is 16.2. The Hall–Kier alpha value is -1.76. The highest BCUT2D eigenvalue weighted by Gasteiger charge is 2.15. The molecule has 22 heavy (non-hydrogen) atoms. The molecule has 0 aliphatic carbocycles. The summed E-state index contributed by atoms with van der Waals surface area (Å²) < 4.78 is 0. The molecule has 4 heteroatoms. The lowest BCUT2D eigenvalue weighted by Gasteiger charge is -2.26. The van der Waals surface area contributed by atoms with Crippen LogP contribution in [0.5, 0.6) is 0 Å². The third kappa shape index (κ3) is 6.80. The van der Waals surface area contributed by atoms with Crippen molar-refractivity contribution in [3.05, 3.63) is 12.7 Å². The van der Waals surface area contributed by atoms with Crippen LogP contribution in [-0.4, -0.2) is 47.8 Å². The number of hydrogen-bond acceptors (Lipinski definition) is 2. The van der Waals surface area contributed by atoms with Crippen LogP contribution in [0.1, 0.15) is 51.4 Å². The van der Waals surface area contributed by atoms with Crippen molar-refractivity contribution < 1.29 is 9.59 Å². The zero-order valence-electron chi connectivity index (χ0n) is 13.6. The van der Waals surface area contributed by atoms with E-state index in [1.807, 2.05) is 9.80 Å². The average molecular weight is 304 g/mol. The summed E-state index contributed by atoms with van der Waals surface area (Å²) in [5, 5.41) is 0. The molecule has 0 saturated carbocycles. The SMILES string of the molecule is C#CCC(=O)N1CCCCC1.C=CCC(=O)N1CCCCC1. The van der Waals surface area contributed by atoms with Crippen molar-refractivity contribution >= 4 is 11.8 Å². The Balaban J connectivity index is 0.000000220. The Morgan fingerprint density at radius 2 is 1.36 bits per heavy atom. The van der Waals surface area contributed by atoms with E-state index in [1.54, 1.807) is 6.08 Å². The Bertz CT molecular complexity index is 400. The normalized spacial score (nSPS) is 17.8. The highest BCUT2D eigenvalue weighted by Crippen LogP contribution is 2.10. The topological polar surface area (TPSA) is 40.6 Å². The average Bonchev–Trinajstić information content (AvgIpc) is 2.57. The standard InChI is InChI=1S/C9H15NO.C9H13NO/c2*1-2-6-9(11)10-7-4-3-5-8-10/h2H,1,3-8H2;1H,3-8H2. The number of piperidine rings is 2. The monoisotopic (exact) mass is 304 g/mol. The summed E-state index contributed by atoms with van der Waals surface area (Å²) in [6.45, 7) is 7.26. The van der Waals surface area contributed by atoms with Crippen LogP contribution in [0.25, 0.3) is 0 Å². The fourth-order valence-corrected chi connectivity index (χ4v) is 2.74. The second-order valence-electron chi connectivity index (χ2n) is 5.76. The van der Waals surface area contributed by atoms with E-state index in [9.17, 15) is 9.59 Å². The lowest BCUT2D eigenvalue weighted by molar-refractivity contribution is -0.131. The van der Waals surface area contributed by atoms with Gasteiger partial charge in [0.05, 0.1) is 6.42 Å². The van der Waals surface area contributed by atoms with Crippen LogP contribution < -0.4 is 0 Å². The van der Waals surface area contributed by atoms with Gasteiger partial charge in [0.25, 0.3) is 0 Å². The van der Waals surface area contributed by atoms with Gasteiger partial charge in [0, 0.05) is 32.6 Å². The van der Waals surface area contributed by atoms with Gasteiger partial charge in [-0.15, -0.1) is 13.0 Å². The number of hydrogen-bond donors (Lipinski definition) is 0. The van der Waals surface area contributed by atoms with E-state index < -0.39 is 0 Å². The second kappa shape index (κ2) is 10.9. The Morgan fingerprint density at radius 3 is 1.77 bits per heavy atom. The zero-order valence-corrected chi connectivity index (χ0v) is 13.6. The number of carbonyl (C=O) groups is 2. The maximum atomic E-state index is 11.3. The predicted octanol–water partition coefficient (Wildman–Crippen LogP) is 2.60. The molecule has 0 spiro atoms. The molecular weight excluding hydrogens is 276 g/mol. The van der Waals surface area contributed by atoms with Gasteiger partial charge in [0.15, 0.2) is 0 Å². The quantitative estimate of drug-likeness (QED) is 0.594. The predicted molar refractivity (Wildman–Crippen MR) is 89.1 cm³/mol. The first kappa shape index (κ1) is 18.3. The number of likely N-dealkylation sites (tertiary alicyclic amines) is 2. The van der Waals surface area contributed by atoms with Gasteiger partial charge >= 0.3 is 0 Å². The lowest BCUT2D eigenvalue weighted by Crippen LogP contribution is -2.35. The molecule has 2 heterocycles. The van der Waals surface area contributed by atoms with E-state index in [1.165, 1.54) is 25.7 Å². The molecule has 0 aromatic carbocycles. The molecule has 122 valence electrons. The van der Waals surface area contributed by atoms with E-state index in [-0.39, 0.29) is 18.2 Å². The molecule has 0 aromatic rings. The van der Waals surface area contributed by atoms with Crippen LogP contribution in [0.4, 0.5) is 0 Å². The Labute approximate surface area is 134 Å². The molecule has 4 nitrogen and oxygen atoms in total. The fraction of sp³-hybridized carbons (Fsp3) is 0.667. The van der Waals surface area contributed by atoms with Crippen LogP contribution >= 0.6 is 0 Å². The summed E-state index contributed by atoms with van der Waals surface area (Å²) in [7, 11) is 0. The summed E-state index contributed by atoms with van der Waals surface area (Å²) in [5.74, 6) is 2.73. The third-order valence-corrected chi connectivity index (χ3v) is 3.99. The first-order chi connectivity index (χ1) is 10.7. The Morgan fingerprint density at radius 1 is 0.909 bits per heavy atom. The van der Waals surface area contributed by atoms with E-state index >= 15 is 0 Å². The molecule has 0 N–H and O–H groups in total. The van der Waals surface area contributed by atoms with Gasteiger partial charge in [-0.2, -0.15) is 0 Å². The number of nitrogens with zero attached hydrogens (tertiary/aromatic N) is 2. The number of amides is 2. The van der Waals surface area contributed by atoms with Gasteiger partial charge in [-0.25, -0.2) is 0 Å². The highest BCUT2D eigenvalue weighted by molar-refractivity contribution is 5.78. The van der Waals surface area contributed by atoms with E-state index in [4.69, 9.17) is 6.42 Å². The van der Waals surface area contributed by atoms with Gasteiger partial charge in [0.2, 0.25) is 11.8 Å². The minimum Gasteiger partial charge on any atom is -0.342 e. The minimum atomic E-state index is 0.118. The number of terminal acetylenes is 1. The van der Waals surface area contributed by atoms with Crippen LogP contribution in [0.2, 0.25) is 0 Å². The molecule has 0 atom stereocenters. The summed E-state index contributed by atoms with van der Waals surface area (Å²) >= 11 is 0. The maximum absolute atomic E-state index is 11.3. The molecule has 2 amide bonds. The van der Waals surface area contributed by atoms with Crippen LogP contribution in [0, 0.1) is 12.3 Å². The minimum absolute atomic E-state index is 0.118. The van der Waals surface area contributed by atoms with Crippen molar-refractivity contribution in [2.45, 2.75) is 51.4 Å². The number of carbonyl (C=O) groups excluding carboxylic acids is 2. The molecule has 2 aliphatic rings. The van der Waals surface area contributed by atoms with Crippen molar-refractivity contribution in [2.75, 3.05) is 26.2 Å². The molecule has 0 aromatic heterocycles.